The van der Waals surface area contributed by atoms with E-state index in [1.807, 2.05) is 0 Å². The quantitative estimate of drug-likeness (QED) is 0.452. The number of likely N-dealkylation sites (tertiary alicyclic amines) is 1. The molecule has 1 amide bonds. The fourth-order valence-corrected chi connectivity index (χ4v) is 7.83. The van der Waals surface area contributed by atoms with Crippen molar-refractivity contribution in [1.29, 1.82) is 5.26 Å². The number of piperazine rings is 1. The van der Waals surface area contributed by atoms with Crippen LogP contribution >= 0.6 is 0 Å². The van der Waals surface area contributed by atoms with E-state index >= 15 is 0 Å². The number of nitriles is 1. The van der Waals surface area contributed by atoms with Gasteiger partial charge in [-0.1, -0.05) is 18.7 Å². The number of hydrogen-bond acceptors (Lipinski definition) is 8. The van der Waals surface area contributed by atoms with Gasteiger partial charge in [0.05, 0.1) is 30.8 Å². The summed E-state index contributed by atoms with van der Waals surface area (Å²) in [7, 11) is 2.13. The number of amides is 1. The summed E-state index contributed by atoms with van der Waals surface area (Å²) < 4.78 is 20.1. The van der Waals surface area contributed by atoms with Crippen LogP contribution in [0.15, 0.2) is 30.6 Å². The number of aromatic nitrogens is 2. The van der Waals surface area contributed by atoms with E-state index in [0.29, 0.717) is 50.3 Å². The number of rotatable bonds is 7. The Morgan fingerprint density at radius 2 is 1.98 bits per heavy atom. The molecule has 3 fully saturated rings. The zero-order valence-corrected chi connectivity index (χ0v) is 25.0. The molecule has 7 rings (SSSR count). The maximum absolute atomic E-state index is 13.8. The van der Waals surface area contributed by atoms with Crippen LogP contribution < -0.4 is 14.5 Å². The number of ether oxygens (including phenoxy) is 1. The van der Waals surface area contributed by atoms with E-state index in [1.165, 1.54) is 35.4 Å². The Kier molecular flexibility index (Phi) is 7.24. The van der Waals surface area contributed by atoms with Gasteiger partial charge in [-0.15, -0.1) is 0 Å². The lowest BCUT2D eigenvalue weighted by molar-refractivity contribution is -0.131. The first kappa shape index (κ1) is 28.1. The summed E-state index contributed by atoms with van der Waals surface area (Å²) in [5, 5.41) is 9.51. The minimum atomic E-state index is -0.997. The molecule has 2 aromatic rings. The van der Waals surface area contributed by atoms with Crippen LogP contribution in [0.2, 0.25) is 0 Å². The topological polar surface area (TPSA) is 88.8 Å². The molecule has 1 aromatic carbocycles. The summed E-state index contributed by atoms with van der Waals surface area (Å²) in [4.78, 5) is 30.8. The Morgan fingerprint density at radius 3 is 2.72 bits per heavy atom. The molecular weight excluding hydrogens is 545 g/mol. The standard InChI is InChI=1S/C33H40FN7O2/c1-22(34)31(42)41-18-17-40(19-23(41)9-14-35)30-26-10-16-39(29-7-3-6-27-25(29)8-11-33(27)12-13-33)20-28(26)36-32(37-30)43-21-24-5-4-15-38(24)2/h3,6-7,23-24H,1,4-5,8-13,15-21H2,2H3/t23-,24-/m0/s1. The van der Waals surface area contributed by atoms with Crippen LogP contribution in [0, 0.1) is 11.3 Å². The average Bonchev–Trinajstić information content (AvgIpc) is 3.55. The highest BCUT2D eigenvalue weighted by molar-refractivity contribution is 5.91. The summed E-state index contributed by atoms with van der Waals surface area (Å²) >= 11 is 0. The van der Waals surface area contributed by atoms with Gasteiger partial charge in [-0.25, -0.2) is 4.39 Å². The highest BCUT2D eigenvalue weighted by Gasteiger charge is 2.49. The SMILES string of the molecule is C=C(F)C(=O)N1CCN(c2nc(OC[C@@H]3CCCN3C)nc3c2CCN(c2cccc4c2CCC42CC2)C3)C[C@@H]1CC#N. The minimum Gasteiger partial charge on any atom is -0.462 e. The maximum atomic E-state index is 13.8. The van der Waals surface area contributed by atoms with Crippen molar-refractivity contribution in [2.24, 2.45) is 0 Å². The van der Waals surface area contributed by atoms with Gasteiger partial charge >= 0.3 is 6.01 Å². The Hall–Kier alpha value is -3.71. The smallest absolute Gasteiger partial charge is 0.318 e. The monoisotopic (exact) mass is 585 g/mol. The van der Waals surface area contributed by atoms with Crippen molar-refractivity contribution in [3.05, 3.63) is 53.0 Å². The van der Waals surface area contributed by atoms with Gasteiger partial charge in [-0.05, 0) is 81.1 Å². The first-order valence-corrected chi connectivity index (χ1v) is 15.7. The lowest BCUT2D eigenvalue weighted by Gasteiger charge is -2.42. The van der Waals surface area contributed by atoms with Gasteiger partial charge in [0, 0.05) is 43.5 Å². The molecule has 5 aliphatic rings. The van der Waals surface area contributed by atoms with E-state index in [1.54, 1.807) is 5.56 Å². The Morgan fingerprint density at radius 1 is 1.12 bits per heavy atom. The number of likely N-dealkylation sites (N-methyl/N-ethyl adjacent to an activating group) is 1. The third-order valence-corrected chi connectivity index (χ3v) is 10.5. The lowest BCUT2D eigenvalue weighted by atomic mass is 9.97. The zero-order chi connectivity index (χ0) is 29.7. The normalized spacial score (nSPS) is 24.1. The molecule has 226 valence electrons. The largest absolute Gasteiger partial charge is 0.462 e. The van der Waals surface area contributed by atoms with Crippen LogP contribution in [0.25, 0.3) is 0 Å². The zero-order valence-electron chi connectivity index (χ0n) is 25.0. The number of anilines is 2. The molecule has 0 N–H and O–H groups in total. The van der Waals surface area contributed by atoms with Gasteiger partial charge in [-0.3, -0.25) is 4.79 Å². The molecule has 3 aliphatic heterocycles. The molecule has 10 heteroatoms. The molecule has 4 heterocycles. The summed E-state index contributed by atoms with van der Waals surface area (Å²) in [5.74, 6) is -0.930. The van der Waals surface area contributed by atoms with E-state index in [2.05, 4.69) is 52.6 Å². The first-order valence-electron chi connectivity index (χ1n) is 15.7. The average molecular weight is 586 g/mol. The molecule has 2 aliphatic carbocycles. The molecule has 2 saturated heterocycles. The van der Waals surface area contributed by atoms with Crippen molar-refractivity contribution >= 4 is 17.4 Å². The van der Waals surface area contributed by atoms with Gasteiger partial charge < -0.3 is 24.3 Å². The highest BCUT2D eigenvalue weighted by atomic mass is 19.1. The second-order valence-electron chi connectivity index (χ2n) is 13.0. The van der Waals surface area contributed by atoms with Gasteiger partial charge in [0.2, 0.25) is 0 Å². The van der Waals surface area contributed by atoms with E-state index in [-0.39, 0.29) is 6.42 Å². The lowest BCUT2D eigenvalue weighted by Crippen LogP contribution is -2.55. The van der Waals surface area contributed by atoms with Crippen molar-refractivity contribution in [3.8, 4) is 12.1 Å². The minimum absolute atomic E-state index is 0.106. The third kappa shape index (κ3) is 5.12. The summed E-state index contributed by atoms with van der Waals surface area (Å²) in [6.45, 7) is 7.49. The predicted octanol–water partition coefficient (Wildman–Crippen LogP) is 3.90. The molecule has 1 saturated carbocycles. The van der Waals surface area contributed by atoms with Crippen molar-refractivity contribution < 1.29 is 13.9 Å². The number of benzene rings is 1. The van der Waals surface area contributed by atoms with Crippen LogP contribution in [0.4, 0.5) is 15.9 Å². The van der Waals surface area contributed by atoms with Gasteiger partial charge in [0.1, 0.15) is 12.4 Å². The van der Waals surface area contributed by atoms with Crippen LogP contribution in [0.3, 0.4) is 0 Å². The van der Waals surface area contributed by atoms with Gasteiger partial charge in [-0.2, -0.15) is 15.2 Å². The Bertz CT molecular complexity index is 1480. The van der Waals surface area contributed by atoms with Crippen LogP contribution in [-0.2, 0) is 29.6 Å². The van der Waals surface area contributed by atoms with Gasteiger partial charge in [0.15, 0.2) is 5.83 Å². The van der Waals surface area contributed by atoms with Crippen molar-refractivity contribution in [1.82, 2.24) is 19.8 Å². The van der Waals surface area contributed by atoms with E-state index in [0.717, 1.165) is 55.8 Å². The van der Waals surface area contributed by atoms with E-state index < -0.39 is 17.8 Å². The van der Waals surface area contributed by atoms with Crippen LogP contribution in [0.5, 0.6) is 6.01 Å². The molecule has 1 aromatic heterocycles. The summed E-state index contributed by atoms with van der Waals surface area (Å²) in [6.07, 6.45) is 8.17. The number of nitrogens with zero attached hydrogens (tertiary/aromatic N) is 7. The van der Waals surface area contributed by atoms with Crippen LogP contribution in [0.1, 0.15) is 60.9 Å². The van der Waals surface area contributed by atoms with Crippen LogP contribution in [-0.4, -0.2) is 84.1 Å². The fourth-order valence-electron chi connectivity index (χ4n) is 7.83. The van der Waals surface area contributed by atoms with Crippen molar-refractivity contribution in [3.63, 3.8) is 0 Å². The second kappa shape index (κ2) is 11.1. The molecule has 9 nitrogen and oxygen atoms in total. The molecule has 43 heavy (non-hydrogen) atoms. The molecular formula is C33H40FN7O2. The summed E-state index contributed by atoms with van der Waals surface area (Å²) in [5.41, 5.74) is 6.88. The third-order valence-electron chi connectivity index (χ3n) is 10.5. The molecule has 0 unspecified atom stereocenters. The maximum Gasteiger partial charge on any atom is 0.318 e. The molecule has 0 radical (unpaired) electrons. The number of hydrogen-bond donors (Lipinski definition) is 0. The summed E-state index contributed by atoms with van der Waals surface area (Å²) in [6, 6.07) is 9.25. The first-order chi connectivity index (χ1) is 20.9. The Labute approximate surface area is 252 Å². The second-order valence-corrected chi connectivity index (χ2v) is 13.0. The molecule has 2 atom stereocenters. The van der Waals surface area contributed by atoms with E-state index in [9.17, 15) is 14.4 Å². The number of carbonyl (C=O) groups is 1. The van der Waals surface area contributed by atoms with Crippen molar-refractivity contribution in [2.75, 3.05) is 56.2 Å². The Balaban J connectivity index is 1.19. The highest BCUT2D eigenvalue weighted by Crippen LogP contribution is 2.58. The fraction of sp³-hybridized carbons (Fsp3) is 0.576. The predicted molar refractivity (Wildman–Crippen MR) is 162 cm³/mol. The number of halogens is 1. The molecule has 0 bridgehead atoms. The van der Waals surface area contributed by atoms with Crippen molar-refractivity contribution in [2.45, 2.75) is 75.4 Å². The number of carbonyl (C=O) groups excluding carboxylic acids is 1. The number of fused-ring (bicyclic) bond motifs is 3. The molecule has 1 spiro atoms. The van der Waals surface area contributed by atoms with Gasteiger partial charge in [0.25, 0.3) is 5.91 Å². The van der Waals surface area contributed by atoms with E-state index in [4.69, 9.17) is 14.7 Å².